The third-order valence-electron chi connectivity index (χ3n) is 3.17. The minimum atomic E-state index is 0.246. The highest BCUT2D eigenvalue weighted by Gasteiger charge is 2.12. The maximum atomic E-state index is 8.58. The lowest BCUT2D eigenvalue weighted by Gasteiger charge is -2.03. The van der Waals surface area contributed by atoms with Crippen LogP contribution < -0.4 is 0 Å². The summed E-state index contributed by atoms with van der Waals surface area (Å²) in [5, 5.41) is 8.58. The fraction of sp³-hybridized carbons (Fsp3) is 0.750. The standard InChI is InChI=1S/C12H20N2O2.C4H8/c1-2-12-13-9-11(10-14-12)5-8-16-7-4-3-6-15;1-4-2-3-4/h9-10,15H,2-8H2,1H3;4H,2-3H2,1H3. The molecule has 1 N–H and O–H groups in total. The van der Waals surface area contributed by atoms with Crippen LogP contribution in [0.2, 0.25) is 0 Å². The highest BCUT2D eigenvalue weighted by molar-refractivity contribution is 5.05. The lowest BCUT2D eigenvalue weighted by molar-refractivity contribution is 0.128. The molecule has 1 aromatic rings. The Morgan fingerprint density at radius 1 is 1.20 bits per heavy atom. The molecule has 4 heteroatoms. The van der Waals surface area contributed by atoms with Gasteiger partial charge in [-0.25, -0.2) is 9.97 Å². The minimum absolute atomic E-state index is 0.246. The largest absolute Gasteiger partial charge is 0.396 e. The first-order valence-electron chi connectivity index (χ1n) is 7.74. The molecule has 0 saturated heterocycles. The zero-order chi connectivity index (χ0) is 14.6. The molecule has 4 nitrogen and oxygen atoms in total. The average molecular weight is 280 g/mol. The number of rotatable bonds is 8. The second-order valence-corrected chi connectivity index (χ2v) is 5.34. The van der Waals surface area contributed by atoms with Crippen LogP contribution in [0.3, 0.4) is 0 Å². The van der Waals surface area contributed by atoms with Crippen LogP contribution in [0.25, 0.3) is 0 Å². The molecule has 0 bridgehead atoms. The first-order chi connectivity index (χ1) is 9.76. The van der Waals surface area contributed by atoms with Crippen LogP contribution in [0.1, 0.15) is 50.9 Å². The lowest BCUT2D eigenvalue weighted by Crippen LogP contribution is -2.02. The SMILES string of the molecule is CC1CC1.CCc1ncc(CCOCCCCO)cn1. The van der Waals surface area contributed by atoms with E-state index in [1.165, 1.54) is 12.8 Å². The number of nitrogens with zero attached hydrogens (tertiary/aromatic N) is 2. The highest BCUT2D eigenvalue weighted by atomic mass is 16.5. The summed E-state index contributed by atoms with van der Waals surface area (Å²) >= 11 is 0. The van der Waals surface area contributed by atoms with E-state index in [1.54, 1.807) is 0 Å². The molecule has 1 aromatic heterocycles. The summed E-state index contributed by atoms with van der Waals surface area (Å²) in [7, 11) is 0. The van der Waals surface area contributed by atoms with Gasteiger partial charge in [0, 0.05) is 32.0 Å². The zero-order valence-electron chi connectivity index (χ0n) is 12.8. The molecule has 0 atom stereocenters. The molecule has 0 unspecified atom stereocenters. The van der Waals surface area contributed by atoms with Crippen molar-refractivity contribution in [2.75, 3.05) is 19.8 Å². The summed E-state index contributed by atoms with van der Waals surface area (Å²) in [5.41, 5.74) is 1.11. The van der Waals surface area contributed by atoms with Gasteiger partial charge in [-0.15, -0.1) is 0 Å². The van der Waals surface area contributed by atoms with Crippen LogP contribution in [0.15, 0.2) is 12.4 Å². The van der Waals surface area contributed by atoms with Crippen LogP contribution >= 0.6 is 0 Å². The second-order valence-electron chi connectivity index (χ2n) is 5.34. The van der Waals surface area contributed by atoms with Gasteiger partial charge in [0.15, 0.2) is 0 Å². The summed E-state index contributed by atoms with van der Waals surface area (Å²) in [6, 6.07) is 0. The molecule has 1 aliphatic carbocycles. The van der Waals surface area contributed by atoms with E-state index >= 15 is 0 Å². The Labute approximate surface area is 122 Å². The van der Waals surface area contributed by atoms with Gasteiger partial charge in [0.1, 0.15) is 5.82 Å². The molecule has 1 heterocycles. The Hall–Kier alpha value is -1.00. The normalized spacial score (nSPS) is 13.8. The fourth-order valence-electron chi connectivity index (χ4n) is 1.47. The molecule has 20 heavy (non-hydrogen) atoms. The van der Waals surface area contributed by atoms with E-state index in [-0.39, 0.29) is 6.61 Å². The molecule has 0 spiro atoms. The van der Waals surface area contributed by atoms with Crippen molar-refractivity contribution in [1.82, 2.24) is 9.97 Å². The first-order valence-corrected chi connectivity index (χ1v) is 7.74. The van der Waals surface area contributed by atoms with Gasteiger partial charge in [0.05, 0.1) is 6.61 Å². The van der Waals surface area contributed by atoms with E-state index in [9.17, 15) is 0 Å². The Bertz CT molecular complexity index is 337. The van der Waals surface area contributed by atoms with Crippen LogP contribution in [0.4, 0.5) is 0 Å². The third kappa shape index (κ3) is 8.99. The number of hydrogen-bond donors (Lipinski definition) is 1. The lowest BCUT2D eigenvalue weighted by atomic mass is 10.2. The van der Waals surface area contributed by atoms with Gasteiger partial charge in [0.25, 0.3) is 0 Å². The van der Waals surface area contributed by atoms with Crippen molar-refractivity contribution in [1.29, 1.82) is 0 Å². The molecule has 1 saturated carbocycles. The van der Waals surface area contributed by atoms with Gasteiger partial charge in [-0.3, -0.25) is 0 Å². The molecule has 0 aliphatic heterocycles. The number of aliphatic hydroxyl groups is 1. The van der Waals surface area contributed by atoms with E-state index in [4.69, 9.17) is 9.84 Å². The molecular weight excluding hydrogens is 252 g/mol. The quantitative estimate of drug-likeness (QED) is 0.744. The van der Waals surface area contributed by atoms with E-state index in [2.05, 4.69) is 16.9 Å². The molecule has 0 aromatic carbocycles. The highest BCUT2D eigenvalue weighted by Crippen LogP contribution is 2.26. The van der Waals surface area contributed by atoms with Crippen molar-refractivity contribution in [3.05, 3.63) is 23.8 Å². The van der Waals surface area contributed by atoms with Crippen molar-refractivity contribution < 1.29 is 9.84 Å². The second kappa shape index (κ2) is 10.7. The van der Waals surface area contributed by atoms with Crippen molar-refractivity contribution >= 4 is 0 Å². The van der Waals surface area contributed by atoms with Gasteiger partial charge in [0.2, 0.25) is 0 Å². The monoisotopic (exact) mass is 280 g/mol. The maximum Gasteiger partial charge on any atom is 0.127 e. The number of unbranched alkanes of at least 4 members (excludes halogenated alkanes) is 1. The predicted molar refractivity (Wildman–Crippen MR) is 80.7 cm³/mol. The first kappa shape index (κ1) is 17.1. The van der Waals surface area contributed by atoms with Crippen LogP contribution in [-0.2, 0) is 17.6 Å². The fourth-order valence-corrected chi connectivity index (χ4v) is 1.47. The Morgan fingerprint density at radius 2 is 1.85 bits per heavy atom. The summed E-state index contributed by atoms with van der Waals surface area (Å²) in [5.74, 6) is 1.97. The van der Waals surface area contributed by atoms with Crippen molar-refractivity contribution in [2.45, 2.75) is 52.4 Å². The van der Waals surface area contributed by atoms with Gasteiger partial charge < -0.3 is 9.84 Å². The number of aliphatic hydroxyl groups excluding tert-OH is 1. The maximum absolute atomic E-state index is 8.58. The van der Waals surface area contributed by atoms with Gasteiger partial charge in [-0.2, -0.15) is 0 Å². The van der Waals surface area contributed by atoms with Gasteiger partial charge >= 0.3 is 0 Å². The minimum Gasteiger partial charge on any atom is -0.396 e. The predicted octanol–water partition coefficient (Wildman–Crippen LogP) is 2.79. The van der Waals surface area contributed by atoms with E-state index in [0.717, 1.165) is 43.0 Å². The summed E-state index contributed by atoms with van der Waals surface area (Å²) in [6.07, 6.45) is 10.2. The van der Waals surface area contributed by atoms with E-state index in [1.807, 2.05) is 19.3 Å². The average Bonchev–Trinajstić information content (AvgIpc) is 3.26. The molecular formula is C16H28N2O2. The number of aryl methyl sites for hydroxylation is 1. The van der Waals surface area contributed by atoms with Gasteiger partial charge in [-0.05, 0) is 30.7 Å². The molecule has 2 rings (SSSR count). The summed E-state index contributed by atoms with van der Waals surface area (Å²) in [4.78, 5) is 8.45. The smallest absolute Gasteiger partial charge is 0.127 e. The van der Waals surface area contributed by atoms with Gasteiger partial charge in [-0.1, -0.05) is 26.7 Å². The third-order valence-corrected chi connectivity index (χ3v) is 3.17. The molecule has 0 amide bonds. The van der Waals surface area contributed by atoms with E-state index < -0.39 is 0 Å². The van der Waals surface area contributed by atoms with Crippen LogP contribution in [-0.4, -0.2) is 34.9 Å². The topological polar surface area (TPSA) is 55.2 Å². The molecule has 1 fully saturated rings. The van der Waals surface area contributed by atoms with Crippen molar-refractivity contribution in [2.24, 2.45) is 5.92 Å². The van der Waals surface area contributed by atoms with Crippen LogP contribution in [0, 0.1) is 5.92 Å². The van der Waals surface area contributed by atoms with Crippen molar-refractivity contribution in [3.8, 4) is 0 Å². The molecule has 1 aliphatic rings. The Morgan fingerprint density at radius 3 is 2.35 bits per heavy atom. The Kier molecular flexibility index (Phi) is 9.16. The van der Waals surface area contributed by atoms with Crippen LogP contribution in [0.5, 0.6) is 0 Å². The summed E-state index contributed by atoms with van der Waals surface area (Å²) in [6.45, 7) is 5.98. The van der Waals surface area contributed by atoms with Crippen molar-refractivity contribution in [3.63, 3.8) is 0 Å². The number of ether oxygens (including phenoxy) is 1. The molecule has 0 radical (unpaired) electrons. The van der Waals surface area contributed by atoms with E-state index in [0.29, 0.717) is 13.2 Å². The Balaban J connectivity index is 0.000000425. The number of aromatic nitrogens is 2. The number of hydrogen-bond acceptors (Lipinski definition) is 4. The summed E-state index contributed by atoms with van der Waals surface area (Å²) < 4.78 is 5.43. The molecule has 114 valence electrons. The zero-order valence-corrected chi connectivity index (χ0v) is 12.8.